The molecule has 0 spiro atoms. The molecule has 0 aromatic heterocycles. The van der Waals surface area contributed by atoms with E-state index in [-0.39, 0.29) is 5.41 Å². The van der Waals surface area contributed by atoms with Gasteiger partial charge in [0.2, 0.25) is 0 Å². The molecule has 20 heavy (non-hydrogen) atoms. The van der Waals surface area contributed by atoms with E-state index in [1.807, 2.05) is 18.2 Å². The summed E-state index contributed by atoms with van der Waals surface area (Å²) < 4.78 is 26.1. The van der Waals surface area contributed by atoms with Crippen molar-refractivity contribution in [1.82, 2.24) is 0 Å². The third-order valence-electron chi connectivity index (χ3n) is 3.20. The molecular formula is C17H19F2N. The number of hydrogen-bond acceptors (Lipinski definition) is 1. The van der Waals surface area contributed by atoms with E-state index in [0.717, 1.165) is 11.8 Å². The van der Waals surface area contributed by atoms with Crippen molar-refractivity contribution in [2.24, 2.45) is 0 Å². The first-order chi connectivity index (χ1) is 9.38. The zero-order valence-corrected chi connectivity index (χ0v) is 12.0. The molecular weight excluding hydrogens is 256 g/mol. The summed E-state index contributed by atoms with van der Waals surface area (Å²) in [6.07, 6.45) is 0. The van der Waals surface area contributed by atoms with E-state index in [0.29, 0.717) is 12.1 Å². The van der Waals surface area contributed by atoms with Gasteiger partial charge in [-0.1, -0.05) is 45.0 Å². The van der Waals surface area contributed by atoms with E-state index < -0.39 is 11.6 Å². The summed E-state index contributed by atoms with van der Waals surface area (Å²) in [6.45, 7) is 6.89. The maximum atomic E-state index is 13.2. The average molecular weight is 275 g/mol. The van der Waals surface area contributed by atoms with Crippen molar-refractivity contribution in [3.05, 3.63) is 65.2 Å². The lowest BCUT2D eigenvalue weighted by Gasteiger charge is -2.23. The molecule has 0 heterocycles. The molecule has 0 fully saturated rings. The van der Waals surface area contributed by atoms with Crippen LogP contribution in [-0.4, -0.2) is 0 Å². The fraction of sp³-hybridized carbons (Fsp3) is 0.294. The topological polar surface area (TPSA) is 12.0 Å². The van der Waals surface area contributed by atoms with Crippen LogP contribution in [0.1, 0.15) is 31.9 Å². The fourth-order valence-electron chi connectivity index (χ4n) is 2.14. The average Bonchev–Trinajstić information content (AvgIpc) is 2.39. The molecule has 0 atom stereocenters. The molecule has 2 aromatic rings. The van der Waals surface area contributed by atoms with Gasteiger partial charge in [0.1, 0.15) is 0 Å². The van der Waals surface area contributed by atoms with Crippen LogP contribution in [0.15, 0.2) is 42.5 Å². The third-order valence-corrected chi connectivity index (χ3v) is 3.20. The lowest BCUT2D eigenvalue weighted by Crippen LogP contribution is -2.14. The minimum atomic E-state index is -0.816. The molecule has 0 saturated heterocycles. The van der Waals surface area contributed by atoms with Crippen LogP contribution in [-0.2, 0) is 12.0 Å². The third kappa shape index (κ3) is 3.35. The monoisotopic (exact) mass is 275 g/mol. The van der Waals surface area contributed by atoms with Gasteiger partial charge in [0.15, 0.2) is 11.6 Å². The SMILES string of the molecule is CC(C)(C)c1ccccc1NCc1ccc(F)c(F)c1. The van der Waals surface area contributed by atoms with Crippen molar-refractivity contribution in [1.29, 1.82) is 0 Å². The Balaban J connectivity index is 2.17. The Kier molecular flexibility index (Phi) is 4.07. The van der Waals surface area contributed by atoms with E-state index in [9.17, 15) is 8.78 Å². The van der Waals surface area contributed by atoms with Gasteiger partial charge in [0, 0.05) is 12.2 Å². The Labute approximate surface area is 118 Å². The lowest BCUT2D eigenvalue weighted by molar-refractivity contribution is 0.507. The molecule has 2 rings (SSSR count). The number of para-hydroxylation sites is 1. The fourth-order valence-corrected chi connectivity index (χ4v) is 2.14. The minimum absolute atomic E-state index is 0.0254. The van der Waals surface area contributed by atoms with E-state index >= 15 is 0 Å². The molecule has 0 aliphatic heterocycles. The quantitative estimate of drug-likeness (QED) is 0.842. The Morgan fingerprint density at radius 2 is 1.65 bits per heavy atom. The summed E-state index contributed by atoms with van der Waals surface area (Å²) in [4.78, 5) is 0. The summed E-state index contributed by atoms with van der Waals surface area (Å²) in [7, 11) is 0. The van der Waals surface area contributed by atoms with Crippen molar-refractivity contribution < 1.29 is 8.78 Å². The number of anilines is 1. The number of benzene rings is 2. The molecule has 1 nitrogen and oxygen atoms in total. The molecule has 0 bridgehead atoms. The first-order valence-corrected chi connectivity index (χ1v) is 6.65. The zero-order valence-electron chi connectivity index (χ0n) is 12.0. The van der Waals surface area contributed by atoms with Gasteiger partial charge in [-0.15, -0.1) is 0 Å². The molecule has 0 aliphatic rings. The van der Waals surface area contributed by atoms with Gasteiger partial charge in [-0.3, -0.25) is 0 Å². The van der Waals surface area contributed by atoms with Crippen molar-refractivity contribution >= 4 is 5.69 Å². The number of hydrogen-bond donors (Lipinski definition) is 1. The van der Waals surface area contributed by atoms with Gasteiger partial charge in [0.25, 0.3) is 0 Å². The summed E-state index contributed by atoms with van der Waals surface area (Å²) in [5.74, 6) is -1.63. The highest BCUT2D eigenvalue weighted by atomic mass is 19.2. The van der Waals surface area contributed by atoms with Crippen LogP contribution >= 0.6 is 0 Å². The van der Waals surface area contributed by atoms with E-state index in [4.69, 9.17) is 0 Å². The maximum absolute atomic E-state index is 13.2. The van der Waals surface area contributed by atoms with Crippen molar-refractivity contribution in [3.63, 3.8) is 0 Å². The Morgan fingerprint density at radius 3 is 2.30 bits per heavy atom. The molecule has 0 saturated carbocycles. The van der Waals surface area contributed by atoms with Crippen molar-refractivity contribution in [2.45, 2.75) is 32.7 Å². The lowest BCUT2D eigenvalue weighted by atomic mass is 9.86. The standard InChI is InChI=1S/C17H19F2N/c1-17(2,3)13-6-4-5-7-16(13)20-11-12-8-9-14(18)15(19)10-12/h4-10,20H,11H2,1-3H3. The van der Waals surface area contributed by atoms with E-state index in [1.54, 1.807) is 6.07 Å². The minimum Gasteiger partial charge on any atom is -0.381 e. The first kappa shape index (κ1) is 14.5. The molecule has 0 unspecified atom stereocenters. The summed E-state index contributed by atoms with van der Waals surface area (Å²) in [6, 6.07) is 12.0. The molecule has 0 radical (unpaired) electrons. The van der Waals surface area contributed by atoms with Gasteiger partial charge >= 0.3 is 0 Å². The summed E-state index contributed by atoms with van der Waals surface area (Å²) in [5, 5.41) is 3.29. The van der Waals surface area contributed by atoms with Crippen molar-refractivity contribution in [3.8, 4) is 0 Å². The second-order valence-corrected chi connectivity index (χ2v) is 5.90. The first-order valence-electron chi connectivity index (χ1n) is 6.65. The second-order valence-electron chi connectivity index (χ2n) is 5.90. The Morgan fingerprint density at radius 1 is 0.950 bits per heavy atom. The highest BCUT2D eigenvalue weighted by molar-refractivity contribution is 5.54. The van der Waals surface area contributed by atoms with E-state index in [2.05, 4.69) is 32.2 Å². The molecule has 2 aromatic carbocycles. The van der Waals surface area contributed by atoms with Crippen molar-refractivity contribution in [2.75, 3.05) is 5.32 Å². The Bertz CT molecular complexity index is 600. The van der Waals surface area contributed by atoms with Gasteiger partial charge in [0.05, 0.1) is 0 Å². The predicted molar refractivity (Wildman–Crippen MR) is 78.8 cm³/mol. The summed E-state index contributed by atoms with van der Waals surface area (Å²) in [5.41, 5.74) is 2.96. The predicted octanol–water partition coefficient (Wildman–Crippen LogP) is 4.87. The zero-order chi connectivity index (χ0) is 14.8. The van der Waals surface area contributed by atoms with Gasteiger partial charge in [-0.2, -0.15) is 0 Å². The van der Waals surface area contributed by atoms with E-state index in [1.165, 1.54) is 11.6 Å². The van der Waals surface area contributed by atoms with Crippen LogP contribution in [0.2, 0.25) is 0 Å². The molecule has 3 heteroatoms. The maximum Gasteiger partial charge on any atom is 0.159 e. The van der Waals surface area contributed by atoms with Crippen LogP contribution in [0.3, 0.4) is 0 Å². The van der Waals surface area contributed by atoms with Gasteiger partial charge in [-0.25, -0.2) is 8.78 Å². The van der Waals surface area contributed by atoms with Gasteiger partial charge in [-0.05, 0) is 34.7 Å². The molecule has 0 amide bonds. The normalized spacial score (nSPS) is 11.4. The van der Waals surface area contributed by atoms with Crippen LogP contribution in [0.25, 0.3) is 0 Å². The van der Waals surface area contributed by atoms with Crippen LogP contribution in [0.5, 0.6) is 0 Å². The van der Waals surface area contributed by atoms with Crippen LogP contribution < -0.4 is 5.32 Å². The number of nitrogens with one attached hydrogen (secondary N) is 1. The Hall–Kier alpha value is -1.90. The molecule has 0 aliphatic carbocycles. The van der Waals surface area contributed by atoms with Gasteiger partial charge < -0.3 is 5.32 Å². The molecule has 1 N–H and O–H groups in total. The smallest absolute Gasteiger partial charge is 0.159 e. The van der Waals surface area contributed by atoms with Crippen LogP contribution in [0, 0.1) is 11.6 Å². The highest BCUT2D eigenvalue weighted by Gasteiger charge is 2.17. The molecule has 106 valence electrons. The number of rotatable bonds is 3. The summed E-state index contributed by atoms with van der Waals surface area (Å²) >= 11 is 0. The largest absolute Gasteiger partial charge is 0.381 e. The second kappa shape index (κ2) is 5.61. The van der Waals surface area contributed by atoms with Crippen LogP contribution in [0.4, 0.5) is 14.5 Å². The number of halogens is 2. The highest BCUT2D eigenvalue weighted by Crippen LogP contribution is 2.29.